The number of furan rings is 1. The number of nitrogens with zero attached hydrogens (tertiary/aromatic N) is 1. The Labute approximate surface area is 116 Å². The van der Waals surface area contributed by atoms with Gasteiger partial charge in [-0.25, -0.2) is 0 Å². The third-order valence-corrected chi connectivity index (χ3v) is 3.53. The van der Waals surface area contributed by atoms with Crippen LogP contribution >= 0.6 is 0 Å². The Bertz CT molecular complexity index is 602. The Balaban J connectivity index is 1.69. The molecule has 20 heavy (non-hydrogen) atoms. The van der Waals surface area contributed by atoms with Gasteiger partial charge in [-0.05, 0) is 31.9 Å². The van der Waals surface area contributed by atoms with Crippen LogP contribution in [0.3, 0.4) is 0 Å². The first-order chi connectivity index (χ1) is 9.74. The van der Waals surface area contributed by atoms with Crippen LogP contribution in [-0.4, -0.2) is 28.7 Å². The SMILES string of the molecule is Cc1ccc(-c2[nH]ncc2CNC2CCCNC2=O)o1. The van der Waals surface area contributed by atoms with Crippen molar-refractivity contribution in [3.63, 3.8) is 0 Å². The summed E-state index contributed by atoms with van der Waals surface area (Å²) >= 11 is 0. The minimum absolute atomic E-state index is 0.0788. The minimum Gasteiger partial charge on any atom is -0.460 e. The number of piperidine rings is 1. The summed E-state index contributed by atoms with van der Waals surface area (Å²) in [7, 11) is 0. The smallest absolute Gasteiger partial charge is 0.237 e. The Morgan fingerprint density at radius 3 is 3.15 bits per heavy atom. The van der Waals surface area contributed by atoms with E-state index in [1.54, 1.807) is 6.20 Å². The van der Waals surface area contributed by atoms with Gasteiger partial charge in [-0.1, -0.05) is 0 Å². The number of aromatic amines is 1. The molecule has 3 heterocycles. The van der Waals surface area contributed by atoms with Gasteiger partial charge in [0.15, 0.2) is 5.76 Å². The second-order valence-electron chi connectivity index (χ2n) is 5.05. The van der Waals surface area contributed by atoms with Crippen LogP contribution in [0.5, 0.6) is 0 Å². The van der Waals surface area contributed by atoms with E-state index in [1.165, 1.54) is 0 Å². The highest BCUT2D eigenvalue weighted by atomic mass is 16.3. The van der Waals surface area contributed by atoms with Crippen LogP contribution in [0.4, 0.5) is 0 Å². The second-order valence-corrected chi connectivity index (χ2v) is 5.05. The van der Waals surface area contributed by atoms with E-state index < -0.39 is 0 Å². The summed E-state index contributed by atoms with van der Waals surface area (Å²) in [6.07, 6.45) is 3.65. The number of rotatable bonds is 4. The van der Waals surface area contributed by atoms with E-state index in [4.69, 9.17) is 4.42 Å². The molecule has 0 bridgehead atoms. The van der Waals surface area contributed by atoms with Crippen molar-refractivity contribution in [3.8, 4) is 11.5 Å². The number of hydrogen-bond acceptors (Lipinski definition) is 4. The lowest BCUT2D eigenvalue weighted by Crippen LogP contribution is -2.47. The van der Waals surface area contributed by atoms with Crippen LogP contribution in [0.2, 0.25) is 0 Å². The van der Waals surface area contributed by atoms with Crippen LogP contribution in [0.25, 0.3) is 11.5 Å². The lowest BCUT2D eigenvalue weighted by Gasteiger charge is -2.22. The fourth-order valence-electron chi connectivity index (χ4n) is 2.43. The summed E-state index contributed by atoms with van der Waals surface area (Å²) in [6, 6.07) is 3.71. The molecule has 0 spiro atoms. The van der Waals surface area contributed by atoms with Gasteiger partial charge in [0.2, 0.25) is 5.91 Å². The molecular formula is C14H18N4O2. The number of nitrogens with one attached hydrogen (secondary N) is 3. The second kappa shape index (κ2) is 5.50. The maximum atomic E-state index is 11.7. The van der Waals surface area contributed by atoms with E-state index in [1.807, 2.05) is 19.1 Å². The largest absolute Gasteiger partial charge is 0.460 e. The fourth-order valence-corrected chi connectivity index (χ4v) is 2.43. The first kappa shape index (κ1) is 12.9. The van der Waals surface area contributed by atoms with Crippen molar-refractivity contribution in [3.05, 3.63) is 29.7 Å². The maximum Gasteiger partial charge on any atom is 0.237 e. The normalized spacial score (nSPS) is 19.1. The van der Waals surface area contributed by atoms with Gasteiger partial charge in [0, 0.05) is 18.7 Å². The molecule has 0 aliphatic carbocycles. The molecular weight excluding hydrogens is 256 g/mol. The van der Waals surface area contributed by atoms with Gasteiger partial charge >= 0.3 is 0 Å². The van der Waals surface area contributed by atoms with Crippen LogP contribution in [0.1, 0.15) is 24.2 Å². The van der Waals surface area contributed by atoms with E-state index >= 15 is 0 Å². The topological polar surface area (TPSA) is 83.0 Å². The Morgan fingerprint density at radius 1 is 1.50 bits per heavy atom. The van der Waals surface area contributed by atoms with E-state index in [0.717, 1.165) is 42.2 Å². The molecule has 106 valence electrons. The Kier molecular flexibility index (Phi) is 3.56. The number of aromatic nitrogens is 2. The lowest BCUT2D eigenvalue weighted by molar-refractivity contribution is -0.124. The molecule has 1 atom stereocenters. The molecule has 0 saturated carbocycles. The summed E-state index contributed by atoms with van der Waals surface area (Å²) in [4.78, 5) is 11.7. The minimum atomic E-state index is -0.121. The van der Waals surface area contributed by atoms with Crippen molar-refractivity contribution in [1.29, 1.82) is 0 Å². The van der Waals surface area contributed by atoms with Crippen LogP contribution in [0, 0.1) is 6.92 Å². The fraction of sp³-hybridized carbons (Fsp3) is 0.429. The van der Waals surface area contributed by atoms with Crippen molar-refractivity contribution >= 4 is 5.91 Å². The van der Waals surface area contributed by atoms with Crippen molar-refractivity contribution < 1.29 is 9.21 Å². The van der Waals surface area contributed by atoms with E-state index in [-0.39, 0.29) is 11.9 Å². The standard InChI is InChI=1S/C14H18N4O2/c1-9-4-5-12(20-9)13-10(8-17-18-13)7-16-11-3-2-6-15-14(11)19/h4-5,8,11,16H,2-3,6-7H2,1H3,(H,15,19)(H,17,18). The van der Waals surface area contributed by atoms with Gasteiger partial charge in [0.25, 0.3) is 0 Å². The Morgan fingerprint density at radius 2 is 2.40 bits per heavy atom. The van der Waals surface area contributed by atoms with E-state index in [2.05, 4.69) is 20.8 Å². The van der Waals surface area contributed by atoms with Crippen LogP contribution < -0.4 is 10.6 Å². The lowest BCUT2D eigenvalue weighted by atomic mass is 10.1. The molecule has 0 radical (unpaired) electrons. The van der Waals surface area contributed by atoms with Crippen LogP contribution in [0.15, 0.2) is 22.7 Å². The van der Waals surface area contributed by atoms with Gasteiger partial charge in [0.1, 0.15) is 11.5 Å². The predicted molar refractivity (Wildman–Crippen MR) is 73.9 cm³/mol. The monoisotopic (exact) mass is 274 g/mol. The molecule has 0 aromatic carbocycles. The molecule has 1 aliphatic rings. The highest BCUT2D eigenvalue weighted by Crippen LogP contribution is 2.23. The van der Waals surface area contributed by atoms with Crippen LogP contribution in [-0.2, 0) is 11.3 Å². The average Bonchev–Trinajstić information content (AvgIpc) is 3.06. The molecule has 1 amide bonds. The zero-order chi connectivity index (χ0) is 13.9. The van der Waals surface area contributed by atoms with Gasteiger partial charge in [-0.15, -0.1) is 0 Å². The number of amides is 1. The molecule has 2 aromatic heterocycles. The molecule has 3 N–H and O–H groups in total. The number of carbonyl (C=O) groups is 1. The van der Waals surface area contributed by atoms with Crippen molar-refractivity contribution in [1.82, 2.24) is 20.8 Å². The van der Waals surface area contributed by atoms with Gasteiger partial charge in [-0.2, -0.15) is 5.10 Å². The molecule has 3 rings (SSSR count). The van der Waals surface area contributed by atoms with E-state index in [0.29, 0.717) is 6.54 Å². The molecule has 6 nitrogen and oxygen atoms in total. The first-order valence-corrected chi connectivity index (χ1v) is 6.84. The molecule has 2 aromatic rings. The van der Waals surface area contributed by atoms with Crippen molar-refractivity contribution in [2.45, 2.75) is 32.4 Å². The predicted octanol–water partition coefficient (Wildman–Crippen LogP) is 1.35. The summed E-state index contributed by atoms with van der Waals surface area (Å²) in [5.41, 5.74) is 1.86. The molecule has 1 unspecified atom stereocenters. The molecule has 1 saturated heterocycles. The summed E-state index contributed by atoms with van der Waals surface area (Å²) in [5.74, 6) is 1.71. The summed E-state index contributed by atoms with van der Waals surface area (Å²) < 4.78 is 5.60. The van der Waals surface area contributed by atoms with Gasteiger partial charge < -0.3 is 15.1 Å². The molecule has 6 heteroatoms. The number of carbonyl (C=O) groups excluding carboxylic acids is 1. The summed E-state index contributed by atoms with van der Waals surface area (Å²) in [6.45, 7) is 3.27. The zero-order valence-electron chi connectivity index (χ0n) is 11.4. The first-order valence-electron chi connectivity index (χ1n) is 6.84. The Hall–Kier alpha value is -2.08. The maximum absolute atomic E-state index is 11.7. The summed E-state index contributed by atoms with van der Waals surface area (Å²) in [5, 5.41) is 13.2. The third-order valence-electron chi connectivity index (χ3n) is 3.53. The van der Waals surface area contributed by atoms with Gasteiger partial charge in [0.05, 0.1) is 12.2 Å². The average molecular weight is 274 g/mol. The molecule has 1 fully saturated rings. The number of hydrogen-bond donors (Lipinski definition) is 3. The highest BCUT2D eigenvalue weighted by molar-refractivity contribution is 5.82. The van der Waals surface area contributed by atoms with Gasteiger partial charge in [-0.3, -0.25) is 9.89 Å². The quantitative estimate of drug-likeness (QED) is 0.786. The number of aryl methyl sites for hydroxylation is 1. The zero-order valence-corrected chi connectivity index (χ0v) is 11.4. The molecule has 1 aliphatic heterocycles. The highest BCUT2D eigenvalue weighted by Gasteiger charge is 2.22. The third kappa shape index (κ3) is 2.60. The van der Waals surface area contributed by atoms with E-state index in [9.17, 15) is 4.79 Å². The van der Waals surface area contributed by atoms with Crippen molar-refractivity contribution in [2.24, 2.45) is 0 Å². The number of H-pyrrole nitrogens is 1. The van der Waals surface area contributed by atoms with Crippen molar-refractivity contribution in [2.75, 3.05) is 6.54 Å².